The minimum Gasteiger partial charge on any atom is -0.365 e. The van der Waals surface area contributed by atoms with Crippen molar-refractivity contribution in [1.29, 1.82) is 0 Å². The summed E-state index contributed by atoms with van der Waals surface area (Å²) in [7, 11) is 0. The number of nitrogens with zero attached hydrogens (tertiary/aromatic N) is 2. The van der Waals surface area contributed by atoms with Crippen LogP contribution in [0.25, 0.3) is 0 Å². The largest absolute Gasteiger partial charge is 0.365 e. The smallest absolute Gasteiger partial charge is 0.249 e. The molecule has 2 rings (SSSR count). The zero-order chi connectivity index (χ0) is 10.7. The number of hydrogen-bond acceptors (Lipinski definition) is 4. The second-order valence-corrected chi connectivity index (χ2v) is 3.66. The van der Waals surface area contributed by atoms with Crippen molar-refractivity contribution in [2.45, 2.75) is 38.5 Å². The lowest BCUT2D eigenvalue weighted by molar-refractivity contribution is -0.131. The Balaban J connectivity index is 1.78. The summed E-state index contributed by atoms with van der Waals surface area (Å²) in [5.41, 5.74) is 0. The number of ether oxygens (including phenoxy) is 1. The number of carbonyl (C=O) groups excluding carboxylic acids is 1. The van der Waals surface area contributed by atoms with Crippen LogP contribution < -0.4 is 5.32 Å². The molecule has 1 aromatic rings. The Morgan fingerprint density at radius 3 is 3.20 bits per heavy atom. The average Bonchev–Trinajstić information content (AvgIpc) is 2.84. The first-order chi connectivity index (χ1) is 7.25. The van der Waals surface area contributed by atoms with E-state index in [1.807, 2.05) is 6.92 Å². The molecule has 82 valence electrons. The summed E-state index contributed by atoms with van der Waals surface area (Å²) in [6.45, 7) is 2.34. The number of nitrogens with one attached hydrogen (secondary N) is 2. The van der Waals surface area contributed by atoms with Crippen molar-refractivity contribution in [2.75, 3.05) is 0 Å². The molecule has 0 aromatic carbocycles. The number of carbonyl (C=O) groups is 1. The van der Waals surface area contributed by atoms with Crippen molar-refractivity contribution in [3.05, 3.63) is 12.2 Å². The van der Waals surface area contributed by atoms with Crippen LogP contribution in [0.5, 0.6) is 0 Å². The monoisotopic (exact) mass is 210 g/mol. The Bertz CT molecular complexity index is 325. The normalized spacial score (nSPS) is 25.4. The van der Waals surface area contributed by atoms with E-state index in [1.54, 1.807) is 0 Å². The Kier molecular flexibility index (Phi) is 2.96. The van der Waals surface area contributed by atoms with Gasteiger partial charge in [0.05, 0.1) is 12.6 Å². The Labute approximate surface area is 87.4 Å². The fraction of sp³-hybridized carbons (Fsp3) is 0.667. The van der Waals surface area contributed by atoms with Crippen molar-refractivity contribution in [1.82, 2.24) is 20.5 Å². The molecule has 15 heavy (non-hydrogen) atoms. The molecular weight excluding hydrogens is 196 g/mol. The van der Waals surface area contributed by atoms with Crippen LogP contribution in [0.15, 0.2) is 6.33 Å². The highest BCUT2D eigenvalue weighted by Gasteiger charge is 2.27. The van der Waals surface area contributed by atoms with E-state index >= 15 is 0 Å². The van der Waals surface area contributed by atoms with Crippen molar-refractivity contribution in [3.8, 4) is 0 Å². The van der Waals surface area contributed by atoms with Crippen LogP contribution in [-0.4, -0.2) is 33.3 Å². The van der Waals surface area contributed by atoms with E-state index in [2.05, 4.69) is 20.5 Å². The molecule has 0 aliphatic carbocycles. The predicted molar refractivity (Wildman–Crippen MR) is 51.8 cm³/mol. The zero-order valence-corrected chi connectivity index (χ0v) is 8.56. The Hall–Kier alpha value is -1.43. The Morgan fingerprint density at radius 1 is 1.73 bits per heavy atom. The molecule has 1 aromatic heterocycles. The molecule has 6 nitrogen and oxygen atoms in total. The standard InChI is InChI=1S/C9H14N4O2/c1-6-2-3-7(15-6)9(14)10-4-8-11-5-12-13-8/h5-7H,2-4H2,1H3,(H,10,14)(H,11,12,13). The summed E-state index contributed by atoms with van der Waals surface area (Å²) >= 11 is 0. The molecule has 0 bridgehead atoms. The molecule has 1 saturated heterocycles. The third-order valence-corrected chi connectivity index (χ3v) is 2.42. The lowest BCUT2D eigenvalue weighted by Crippen LogP contribution is -2.34. The summed E-state index contributed by atoms with van der Waals surface area (Å²) in [6.07, 6.45) is 3.04. The molecule has 1 aliphatic heterocycles. The number of aromatic nitrogens is 3. The van der Waals surface area contributed by atoms with Gasteiger partial charge in [0.25, 0.3) is 0 Å². The summed E-state index contributed by atoms with van der Waals surface area (Å²) in [5, 5.41) is 9.12. The number of aromatic amines is 1. The molecule has 0 radical (unpaired) electrons. The molecule has 2 N–H and O–H groups in total. The fourth-order valence-electron chi connectivity index (χ4n) is 1.60. The van der Waals surface area contributed by atoms with Gasteiger partial charge in [0.1, 0.15) is 18.3 Å². The molecule has 2 atom stereocenters. The second kappa shape index (κ2) is 4.39. The van der Waals surface area contributed by atoms with Crippen LogP contribution in [0.3, 0.4) is 0 Å². The van der Waals surface area contributed by atoms with E-state index < -0.39 is 0 Å². The molecule has 0 saturated carbocycles. The summed E-state index contributed by atoms with van der Waals surface area (Å²) in [6, 6.07) is 0. The summed E-state index contributed by atoms with van der Waals surface area (Å²) in [4.78, 5) is 15.5. The van der Waals surface area contributed by atoms with Gasteiger partial charge in [-0.2, -0.15) is 5.10 Å². The third kappa shape index (κ3) is 2.53. The number of H-pyrrole nitrogens is 1. The van der Waals surface area contributed by atoms with Crippen LogP contribution in [0.4, 0.5) is 0 Å². The maximum Gasteiger partial charge on any atom is 0.249 e. The van der Waals surface area contributed by atoms with Crippen LogP contribution in [0.1, 0.15) is 25.6 Å². The first kappa shape index (κ1) is 10.1. The van der Waals surface area contributed by atoms with Gasteiger partial charge in [0.2, 0.25) is 5.91 Å². The molecule has 0 spiro atoms. The molecule has 2 unspecified atom stereocenters. The summed E-state index contributed by atoms with van der Waals surface area (Å²) in [5.74, 6) is 0.574. The molecule has 1 fully saturated rings. The van der Waals surface area contributed by atoms with Gasteiger partial charge in [0, 0.05) is 0 Å². The molecule has 1 amide bonds. The third-order valence-electron chi connectivity index (χ3n) is 2.42. The maximum absolute atomic E-state index is 11.6. The zero-order valence-electron chi connectivity index (χ0n) is 8.56. The van der Waals surface area contributed by atoms with Crippen LogP contribution in [0.2, 0.25) is 0 Å². The molecule has 2 heterocycles. The lowest BCUT2D eigenvalue weighted by atomic mass is 10.2. The second-order valence-electron chi connectivity index (χ2n) is 3.66. The topological polar surface area (TPSA) is 79.9 Å². The van der Waals surface area contributed by atoms with Gasteiger partial charge in [0.15, 0.2) is 0 Å². The van der Waals surface area contributed by atoms with Gasteiger partial charge in [-0.25, -0.2) is 4.98 Å². The van der Waals surface area contributed by atoms with E-state index in [1.165, 1.54) is 6.33 Å². The van der Waals surface area contributed by atoms with Crippen molar-refractivity contribution < 1.29 is 9.53 Å². The first-order valence-electron chi connectivity index (χ1n) is 5.03. The lowest BCUT2D eigenvalue weighted by Gasteiger charge is -2.10. The predicted octanol–water partition coefficient (Wildman–Crippen LogP) is -0.0116. The molecular formula is C9H14N4O2. The van der Waals surface area contributed by atoms with Crippen molar-refractivity contribution in [3.63, 3.8) is 0 Å². The van der Waals surface area contributed by atoms with Crippen LogP contribution >= 0.6 is 0 Å². The first-order valence-corrected chi connectivity index (χ1v) is 5.03. The van der Waals surface area contributed by atoms with Gasteiger partial charge in [-0.15, -0.1) is 0 Å². The van der Waals surface area contributed by atoms with E-state index in [0.29, 0.717) is 12.4 Å². The highest BCUT2D eigenvalue weighted by atomic mass is 16.5. The Morgan fingerprint density at radius 2 is 2.60 bits per heavy atom. The van der Waals surface area contributed by atoms with E-state index in [0.717, 1.165) is 12.8 Å². The minimum absolute atomic E-state index is 0.0734. The number of rotatable bonds is 3. The van der Waals surface area contributed by atoms with Crippen LogP contribution in [-0.2, 0) is 16.1 Å². The average molecular weight is 210 g/mol. The quantitative estimate of drug-likeness (QED) is 0.735. The molecule has 6 heteroatoms. The molecule has 1 aliphatic rings. The van der Waals surface area contributed by atoms with Gasteiger partial charge in [-0.1, -0.05) is 0 Å². The van der Waals surface area contributed by atoms with Gasteiger partial charge >= 0.3 is 0 Å². The van der Waals surface area contributed by atoms with E-state index in [4.69, 9.17) is 4.74 Å². The van der Waals surface area contributed by atoms with Crippen molar-refractivity contribution in [2.24, 2.45) is 0 Å². The summed E-state index contributed by atoms with van der Waals surface area (Å²) < 4.78 is 5.43. The van der Waals surface area contributed by atoms with E-state index in [-0.39, 0.29) is 18.1 Å². The highest BCUT2D eigenvalue weighted by Crippen LogP contribution is 2.18. The fourth-order valence-corrected chi connectivity index (χ4v) is 1.60. The highest BCUT2D eigenvalue weighted by molar-refractivity contribution is 5.80. The number of amides is 1. The van der Waals surface area contributed by atoms with Gasteiger partial charge in [-0.3, -0.25) is 9.89 Å². The maximum atomic E-state index is 11.6. The number of hydrogen-bond donors (Lipinski definition) is 2. The van der Waals surface area contributed by atoms with E-state index in [9.17, 15) is 4.79 Å². The van der Waals surface area contributed by atoms with Gasteiger partial charge in [-0.05, 0) is 19.8 Å². The minimum atomic E-state index is -0.303. The SMILES string of the molecule is CC1CCC(C(=O)NCc2ncn[nH]2)O1. The van der Waals surface area contributed by atoms with Crippen LogP contribution in [0, 0.1) is 0 Å². The van der Waals surface area contributed by atoms with Crippen molar-refractivity contribution >= 4 is 5.91 Å². The van der Waals surface area contributed by atoms with Gasteiger partial charge < -0.3 is 10.1 Å².